The zero-order valence-corrected chi connectivity index (χ0v) is 13.9. The first-order valence-electron chi connectivity index (χ1n) is 6.91. The van der Waals surface area contributed by atoms with Gasteiger partial charge in [-0.2, -0.15) is 0 Å². The van der Waals surface area contributed by atoms with Crippen LogP contribution in [0.3, 0.4) is 0 Å². The quantitative estimate of drug-likeness (QED) is 0.683. The van der Waals surface area contributed by atoms with Gasteiger partial charge in [0.05, 0.1) is 5.69 Å². The van der Waals surface area contributed by atoms with E-state index in [1.54, 1.807) is 0 Å². The van der Waals surface area contributed by atoms with Crippen LogP contribution in [0, 0.1) is 18.6 Å². The fourth-order valence-electron chi connectivity index (χ4n) is 2.13. The van der Waals surface area contributed by atoms with Crippen molar-refractivity contribution >= 4 is 11.4 Å². The van der Waals surface area contributed by atoms with Crippen molar-refractivity contribution in [2.24, 2.45) is 0 Å². The van der Waals surface area contributed by atoms with Crippen LogP contribution in [0.2, 0.25) is 0 Å². The molecule has 0 saturated heterocycles. The second-order valence-electron chi connectivity index (χ2n) is 4.94. The SMILES string of the molecule is CCCCN(c1ccc(C)cc1)c1ccc(F)cc1F.[Ti]. The maximum Gasteiger partial charge on any atom is 0.149 e. The minimum atomic E-state index is -0.550. The molecule has 2 rings (SSSR count). The van der Waals surface area contributed by atoms with Gasteiger partial charge in [0.25, 0.3) is 0 Å². The topological polar surface area (TPSA) is 3.24 Å². The Balaban J connectivity index is 0.00000220. The van der Waals surface area contributed by atoms with Gasteiger partial charge in [0.15, 0.2) is 0 Å². The molecule has 0 saturated carbocycles. The summed E-state index contributed by atoms with van der Waals surface area (Å²) in [5, 5.41) is 0. The van der Waals surface area contributed by atoms with Crippen LogP contribution in [0.5, 0.6) is 0 Å². The smallest absolute Gasteiger partial charge is 0.149 e. The summed E-state index contributed by atoms with van der Waals surface area (Å²) in [6.07, 6.45) is 1.97. The Bertz CT molecular complexity index is 570. The van der Waals surface area contributed by atoms with Gasteiger partial charge in [0.2, 0.25) is 0 Å². The van der Waals surface area contributed by atoms with E-state index < -0.39 is 11.6 Å². The molecule has 0 heterocycles. The molecule has 0 atom stereocenters. The molecular weight excluding hydrogens is 304 g/mol. The van der Waals surface area contributed by atoms with E-state index >= 15 is 0 Å². The predicted molar refractivity (Wildman–Crippen MR) is 79.5 cm³/mol. The van der Waals surface area contributed by atoms with Crippen molar-refractivity contribution in [2.45, 2.75) is 26.7 Å². The molecule has 21 heavy (non-hydrogen) atoms. The van der Waals surface area contributed by atoms with E-state index in [9.17, 15) is 8.78 Å². The molecule has 0 N–H and O–H groups in total. The molecule has 0 unspecified atom stereocenters. The Kier molecular flexibility index (Phi) is 7.06. The van der Waals surface area contributed by atoms with Crippen LogP contribution in [0.25, 0.3) is 0 Å². The molecule has 0 amide bonds. The molecule has 2 aromatic rings. The number of hydrogen-bond donors (Lipinski definition) is 0. The third-order valence-corrected chi connectivity index (χ3v) is 3.28. The number of aryl methyl sites for hydroxylation is 1. The molecule has 0 aromatic heterocycles. The van der Waals surface area contributed by atoms with Crippen molar-refractivity contribution in [2.75, 3.05) is 11.4 Å². The summed E-state index contributed by atoms with van der Waals surface area (Å²) in [7, 11) is 0. The van der Waals surface area contributed by atoms with E-state index in [-0.39, 0.29) is 21.7 Å². The summed E-state index contributed by atoms with van der Waals surface area (Å²) in [6, 6.07) is 11.7. The third kappa shape index (κ3) is 4.65. The number of unbranched alkanes of at least 4 members (excludes halogenated alkanes) is 1. The Hall–Kier alpha value is -1.19. The Morgan fingerprint density at radius 3 is 2.24 bits per heavy atom. The molecule has 2 aromatic carbocycles. The fraction of sp³-hybridized carbons (Fsp3) is 0.294. The Morgan fingerprint density at radius 2 is 1.67 bits per heavy atom. The zero-order chi connectivity index (χ0) is 14.5. The van der Waals surface area contributed by atoms with Crippen molar-refractivity contribution in [3.63, 3.8) is 0 Å². The summed E-state index contributed by atoms with van der Waals surface area (Å²) < 4.78 is 27.1. The average molecular weight is 323 g/mol. The molecule has 0 fully saturated rings. The van der Waals surface area contributed by atoms with Crippen LogP contribution >= 0.6 is 0 Å². The van der Waals surface area contributed by atoms with Crippen LogP contribution < -0.4 is 4.90 Å². The first kappa shape index (κ1) is 17.9. The van der Waals surface area contributed by atoms with Gasteiger partial charge in [-0.05, 0) is 37.6 Å². The van der Waals surface area contributed by atoms with Crippen molar-refractivity contribution in [3.05, 3.63) is 59.7 Å². The van der Waals surface area contributed by atoms with E-state index in [0.717, 1.165) is 30.2 Å². The van der Waals surface area contributed by atoms with E-state index in [1.165, 1.54) is 12.1 Å². The van der Waals surface area contributed by atoms with E-state index in [0.29, 0.717) is 12.2 Å². The van der Waals surface area contributed by atoms with Crippen molar-refractivity contribution in [3.8, 4) is 0 Å². The molecular formula is C17H19F2NTi. The molecule has 0 aliphatic rings. The van der Waals surface area contributed by atoms with Gasteiger partial charge in [0, 0.05) is 40.0 Å². The normalized spacial score (nSPS) is 10.1. The van der Waals surface area contributed by atoms with Gasteiger partial charge in [-0.15, -0.1) is 0 Å². The Labute approximate surface area is 139 Å². The van der Waals surface area contributed by atoms with Gasteiger partial charge < -0.3 is 4.90 Å². The molecule has 1 nitrogen and oxygen atoms in total. The molecule has 0 spiro atoms. The second-order valence-corrected chi connectivity index (χ2v) is 4.94. The summed E-state index contributed by atoms with van der Waals surface area (Å²) in [6.45, 7) is 4.81. The van der Waals surface area contributed by atoms with E-state index in [2.05, 4.69) is 6.92 Å². The third-order valence-electron chi connectivity index (χ3n) is 3.28. The van der Waals surface area contributed by atoms with Crippen LogP contribution in [-0.2, 0) is 21.7 Å². The van der Waals surface area contributed by atoms with E-state index in [4.69, 9.17) is 0 Å². The van der Waals surface area contributed by atoms with Gasteiger partial charge in [-0.3, -0.25) is 0 Å². The number of rotatable bonds is 5. The summed E-state index contributed by atoms with van der Waals surface area (Å²) in [5.41, 5.74) is 2.50. The van der Waals surface area contributed by atoms with Gasteiger partial charge >= 0.3 is 0 Å². The molecule has 0 bridgehead atoms. The first-order valence-corrected chi connectivity index (χ1v) is 6.91. The summed E-state index contributed by atoms with van der Waals surface area (Å²) in [4.78, 5) is 1.90. The van der Waals surface area contributed by atoms with Gasteiger partial charge in [-0.25, -0.2) is 8.78 Å². The van der Waals surface area contributed by atoms with Crippen LogP contribution in [-0.4, -0.2) is 6.54 Å². The number of halogens is 2. The fourth-order valence-corrected chi connectivity index (χ4v) is 2.13. The molecule has 4 heteroatoms. The predicted octanol–water partition coefficient (Wildman–Crippen LogP) is 5.21. The monoisotopic (exact) mass is 323 g/mol. The van der Waals surface area contributed by atoms with Crippen LogP contribution in [0.1, 0.15) is 25.3 Å². The Morgan fingerprint density at radius 1 is 1.00 bits per heavy atom. The maximum atomic E-state index is 14.0. The van der Waals surface area contributed by atoms with Crippen LogP contribution in [0.4, 0.5) is 20.2 Å². The number of nitrogens with zero attached hydrogens (tertiary/aromatic N) is 1. The van der Waals surface area contributed by atoms with Gasteiger partial charge in [-0.1, -0.05) is 31.0 Å². The molecule has 0 aliphatic heterocycles. The summed E-state index contributed by atoms with van der Waals surface area (Å²) in [5.74, 6) is -1.08. The van der Waals surface area contributed by atoms with Crippen molar-refractivity contribution < 1.29 is 30.5 Å². The largest absolute Gasteiger partial charge is 0.339 e. The van der Waals surface area contributed by atoms with Gasteiger partial charge in [0.1, 0.15) is 11.6 Å². The number of anilines is 2. The molecule has 0 aliphatic carbocycles. The average Bonchev–Trinajstić information content (AvgIpc) is 2.42. The minimum absolute atomic E-state index is 0. The minimum Gasteiger partial charge on any atom is -0.339 e. The van der Waals surface area contributed by atoms with E-state index in [1.807, 2.05) is 36.1 Å². The first-order chi connectivity index (χ1) is 9.61. The maximum absolute atomic E-state index is 14.0. The standard InChI is InChI=1S/C17H19F2N.Ti/c1-3-4-11-20(15-8-5-13(2)6-9-15)17-10-7-14(18)12-16(17)19;/h5-10,12H,3-4,11H2,1-2H3;. The second kappa shape index (κ2) is 8.30. The van der Waals surface area contributed by atoms with Crippen LogP contribution in [0.15, 0.2) is 42.5 Å². The summed E-state index contributed by atoms with van der Waals surface area (Å²) >= 11 is 0. The number of benzene rings is 2. The van der Waals surface area contributed by atoms with Crippen molar-refractivity contribution in [1.29, 1.82) is 0 Å². The number of hydrogen-bond acceptors (Lipinski definition) is 1. The molecule has 0 radical (unpaired) electrons. The molecule has 110 valence electrons. The zero-order valence-electron chi connectivity index (χ0n) is 12.4. The van der Waals surface area contributed by atoms with Crippen molar-refractivity contribution in [1.82, 2.24) is 0 Å².